The fraction of sp³-hybridized carbons (Fsp3) is 0.400. The lowest BCUT2D eigenvalue weighted by atomic mass is 9.95. The summed E-state index contributed by atoms with van der Waals surface area (Å²) in [6, 6.07) is 6.10. The van der Waals surface area contributed by atoms with Crippen LogP contribution in [-0.4, -0.2) is 44.8 Å². The first kappa shape index (κ1) is 18.5. The molecule has 1 unspecified atom stereocenters. The summed E-state index contributed by atoms with van der Waals surface area (Å²) in [4.78, 5) is 22.4. The van der Waals surface area contributed by atoms with E-state index in [-0.39, 0.29) is 11.9 Å². The zero-order chi connectivity index (χ0) is 20.0. The highest BCUT2D eigenvalue weighted by Gasteiger charge is 2.35. The van der Waals surface area contributed by atoms with E-state index >= 15 is 0 Å². The van der Waals surface area contributed by atoms with Gasteiger partial charge in [-0.2, -0.15) is 10.1 Å². The maximum atomic E-state index is 12.9. The number of hydrogen-bond donors (Lipinski definition) is 3. The number of rotatable bonds is 5. The average molecular weight is 456 g/mol. The van der Waals surface area contributed by atoms with Gasteiger partial charge in [-0.25, -0.2) is 4.98 Å². The molecule has 0 radical (unpaired) electrons. The van der Waals surface area contributed by atoms with Crippen LogP contribution in [0.1, 0.15) is 36.9 Å². The third-order valence-corrected chi connectivity index (χ3v) is 5.91. The summed E-state index contributed by atoms with van der Waals surface area (Å²) in [6.45, 7) is 4.76. The first-order chi connectivity index (χ1) is 14.1. The van der Waals surface area contributed by atoms with E-state index in [1.54, 1.807) is 0 Å². The third-order valence-electron chi connectivity index (χ3n) is 5.42. The second-order valence-corrected chi connectivity index (χ2v) is 8.47. The Hall–Kier alpha value is -2.52. The molecular formula is C20H22BrN7O. The lowest BCUT2D eigenvalue weighted by Crippen LogP contribution is -2.24. The molecule has 1 aromatic carbocycles. The van der Waals surface area contributed by atoms with Gasteiger partial charge in [0.1, 0.15) is 5.92 Å². The highest BCUT2D eigenvalue weighted by molar-refractivity contribution is 9.10. The highest BCUT2D eigenvalue weighted by Crippen LogP contribution is 2.40. The predicted molar refractivity (Wildman–Crippen MR) is 115 cm³/mol. The molecule has 1 saturated heterocycles. The number of nitrogens with zero attached hydrogens (tertiary/aromatic N) is 4. The van der Waals surface area contributed by atoms with Gasteiger partial charge >= 0.3 is 0 Å². The van der Waals surface area contributed by atoms with Crippen LogP contribution in [0.15, 0.2) is 28.9 Å². The molecule has 2 aromatic heterocycles. The Balaban J connectivity index is 1.65. The number of amides is 1. The van der Waals surface area contributed by atoms with Crippen molar-refractivity contribution in [2.45, 2.75) is 38.3 Å². The maximum Gasteiger partial charge on any atom is 0.238 e. The molecular weight excluding hydrogens is 434 g/mol. The Bertz CT molecular complexity index is 1090. The van der Waals surface area contributed by atoms with Crippen molar-refractivity contribution in [1.82, 2.24) is 25.1 Å². The second kappa shape index (κ2) is 7.38. The molecule has 2 aliphatic heterocycles. The first-order valence-electron chi connectivity index (χ1n) is 9.95. The van der Waals surface area contributed by atoms with E-state index in [9.17, 15) is 4.79 Å². The van der Waals surface area contributed by atoms with Gasteiger partial charge in [0.25, 0.3) is 0 Å². The minimum atomic E-state index is -0.491. The van der Waals surface area contributed by atoms with E-state index in [0.717, 1.165) is 53.6 Å². The van der Waals surface area contributed by atoms with Gasteiger partial charge in [-0.15, -0.1) is 0 Å². The number of aromatic nitrogens is 4. The van der Waals surface area contributed by atoms with Gasteiger partial charge < -0.3 is 16.0 Å². The highest BCUT2D eigenvalue weighted by atomic mass is 79.9. The van der Waals surface area contributed by atoms with Gasteiger partial charge in [0.2, 0.25) is 11.9 Å². The standard InChI is InChI=1S/C20H22BrN7O/c1-2-7-28-10-14-17(16-13-8-11(21)3-4-15(13)24-19(16)29)25-20(26-18(14)27-28)23-12-5-6-22-9-12/h3-4,8,10,12,16,22H,2,5-7,9H2,1H3,(H,24,29)(H,23,26,27)/t12-,16?/m1/s1. The number of carbonyl (C=O) groups is 1. The summed E-state index contributed by atoms with van der Waals surface area (Å²) in [5.41, 5.74) is 3.06. The van der Waals surface area contributed by atoms with E-state index in [1.807, 2.05) is 29.1 Å². The van der Waals surface area contributed by atoms with Crippen molar-refractivity contribution in [3.63, 3.8) is 0 Å². The first-order valence-corrected chi connectivity index (χ1v) is 10.7. The summed E-state index contributed by atoms with van der Waals surface area (Å²) < 4.78 is 2.82. The minimum absolute atomic E-state index is 0.0742. The largest absolute Gasteiger partial charge is 0.350 e. The van der Waals surface area contributed by atoms with Crippen LogP contribution in [-0.2, 0) is 11.3 Å². The van der Waals surface area contributed by atoms with Crippen LogP contribution in [0.25, 0.3) is 11.0 Å². The SMILES string of the molecule is CCCn1cc2c(C3C(=O)Nc4ccc(Br)cc43)nc(N[C@@H]3CCNC3)nc2n1. The predicted octanol–water partition coefficient (Wildman–Crippen LogP) is 2.86. The molecule has 0 bridgehead atoms. The minimum Gasteiger partial charge on any atom is -0.350 e. The molecule has 0 saturated carbocycles. The molecule has 8 nitrogen and oxygen atoms in total. The van der Waals surface area contributed by atoms with Crippen LogP contribution in [0.4, 0.5) is 11.6 Å². The Morgan fingerprint density at radius 3 is 3.03 bits per heavy atom. The summed E-state index contributed by atoms with van der Waals surface area (Å²) in [6.07, 6.45) is 3.94. The Morgan fingerprint density at radius 2 is 2.24 bits per heavy atom. The number of nitrogens with one attached hydrogen (secondary N) is 3. The molecule has 3 aromatic rings. The molecule has 29 heavy (non-hydrogen) atoms. The lowest BCUT2D eigenvalue weighted by molar-refractivity contribution is -0.116. The van der Waals surface area contributed by atoms with E-state index < -0.39 is 5.92 Å². The Labute approximate surface area is 176 Å². The summed E-state index contributed by atoms with van der Waals surface area (Å²) in [7, 11) is 0. The number of hydrogen-bond acceptors (Lipinski definition) is 6. The molecule has 2 atom stereocenters. The van der Waals surface area contributed by atoms with Gasteiger partial charge in [0, 0.05) is 35.5 Å². The van der Waals surface area contributed by atoms with Crippen molar-refractivity contribution in [3.05, 3.63) is 40.1 Å². The number of fused-ring (bicyclic) bond motifs is 2. The van der Waals surface area contributed by atoms with E-state index in [1.165, 1.54) is 0 Å². The topological polar surface area (TPSA) is 96.8 Å². The van der Waals surface area contributed by atoms with E-state index in [2.05, 4.69) is 48.9 Å². The van der Waals surface area contributed by atoms with Gasteiger partial charge in [-0.05, 0) is 43.1 Å². The van der Waals surface area contributed by atoms with Crippen LogP contribution in [0.2, 0.25) is 0 Å². The molecule has 4 heterocycles. The zero-order valence-electron chi connectivity index (χ0n) is 16.1. The van der Waals surface area contributed by atoms with Crippen LogP contribution in [0.5, 0.6) is 0 Å². The number of aryl methyl sites for hydroxylation is 1. The van der Waals surface area contributed by atoms with Crippen molar-refractivity contribution >= 4 is 44.5 Å². The Kier molecular flexibility index (Phi) is 4.71. The fourth-order valence-corrected chi connectivity index (χ4v) is 4.45. The lowest BCUT2D eigenvalue weighted by Gasteiger charge is -2.14. The normalized spacial score (nSPS) is 20.8. The zero-order valence-corrected chi connectivity index (χ0v) is 17.7. The number of halogens is 1. The molecule has 0 spiro atoms. The van der Waals surface area contributed by atoms with Crippen LogP contribution < -0.4 is 16.0 Å². The smallest absolute Gasteiger partial charge is 0.238 e. The summed E-state index contributed by atoms with van der Waals surface area (Å²) in [5.74, 6) is -0.0384. The average Bonchev–Trinajstić information content (AvgIpc) is 3.40. The van der Waals surface area contributed by atoms with Crippen LogP contribution >= 0.6 is 15.9 Å². The van der Waals surface area contributed by atoms with Crippen molar-refractivity contribution in [2.75, 3.05) is 23.7 Å². The van der Waals surface area contributed by atoms with Crippen molar-refractivity contribution in [2.24, 2.45) is 0 Å². The van der Waals surface area contributed by atoms with Crippen LogP contribution in [0, 0.1) is 0 Å². The number of carbonyl (C=O) groups excluding carboxylic acids is 1. The Morgan fingerprint density at radius 1 is 1.34 bits per heavy atom. The van der Waals surface area contributed by atoms with Crippen molar-refractivity contribution in [1.29, 1.82) is 0 Å². The molecule has 3 N–H and O–H groups in total. The third kappa shape index (κ3) is 3.38. The fourth-order valence-electron chi connectivity index (χ4n) is 4.07. The van der Waals surface area contributed by atoms with Gasteiger partial charge in [-0.3, -0.25) is 9.48 Å². The number of anilines is 2. The van der Waals surface area contributed by atoms with Gasteiger partial charge in [0.15, 0.2) is 5.65 Å². The molecule has 0 aliphatic carbocycles. The molecule has 9 heteroatoms. The van der Waals surface area contributed by atoms with Crippen LogP contribution in [0.3, 0.4) is 0 Å². The second-order valence-electron chi connectivity index (χ2n) is 7.55. The van der Waals surface area contributed by atoms with Crippen molar-refractivity contribution < 1.29 is 4.79 Å². The molecule has 150 valence electrons. The monoisotopic (exact) mass is 455 g/mol. The van der Waals surface area contributed by atoms with Gasteiger partial charge in [-0.1, -0.05) is 22.9 Å². The van der Waals surface area contributed by atoms with Gasteiger partial charge in [0.05, 0.1) is 11.1 Å². The molecule has 2 aliphatic rings. The number of benzene rings is 1. The molecule has 5 rings (SSSR count). The summed E-state index contributed by atoms with van der Waals surface area (Å²) >= 11 is 3.52. The maximum absolute atomic E-state index is 12.9. The molecule has 1 amide bonds. The van der Waals surface area contributed by atoms with E-state index in [4.69, 9.17) is 4.98 Å². The van der Waals surface area contributed by atoms with E-state index in [0.29, 0.717) is 17.3 Å². The summed E-state index contributed by atoms with van der Waals surface area (Å²) in [5, 5.41) is 15.2. The quantitative estimate of drug-likeness (QED) is 0.547. The molecule has 1 fully saturated rings. The van der Waals surface area contributed by atoms with Crippen molar-refractivity contribution in [3.8, 4) is 0 Å².